The van der Waals surface area contributed by atoms with Gasteiger partial charge in [-0.25, -0.2) is 9.97 Å². The zero-order valence-corrected chi connectivity index (χ0v) is 17.2. The lowest BCUT2D eigenvalue weighted by molar-refractivity contribution is 0.0469. The summed E-state index contributed by atoms with van der Waals surface area (Å²) in [4.78, 5) is 16.0. The zero-order chi connectivity index (χ0) is 19.5. The Hall–Kier alpha value is -2.03. The second-order valence-electron chi connectivity index (χ2n) is 8.17. The van der Waals surface area contributed by atoms with Crippen LogP contribution in [-0.2, 0) is 24.4 Å². The van der Waals surface area contributed by atoms with Crippen LogP contribution in [0.5, 0.6) is 0 Å². The number of ether oxygens (including phenoxy) is 1. The minimum Gasteiger partial charge on any atom is -0.379 e. The number of hydrogen-bond donors (Lipinski definition) is 0. The largest absolute Gasteiger partial charge is 0.379 e. The van der Waals surface area contributed by atoms with Gasteiger partial charge in [-0.3, -0.25) is 14.5 Å². The molecule has 0 spiro atoms. The highest BCUT2D eigenvalue weighted by Gasteiger charge is 2.33. The molecule has 2 aromatic heterocycles. The Morgan fingerprint density at radius 3 is 2.57 bits per heavy atom. The summed E-state index contributed by atoms with van der Waals surface area (Å²) in [5.74, 6) is 1.28. The topological polar surface area (TPSA) is 62.6 Å². The Balaban J connectivity index is 1.43. The molecule has 152 valence electrons. The molecule has 4 heterocycles. The Bertz CT molecular complexity index is 760. The first-order valence-corrected chi connectivity index (χ1v) is 10.1. The Morgan fingerprint density at radius 2 is 1.86 bits per heavy atom. The predicted molar refractivity (Wildman–Crippen MR) is 108 cm³/mol. The van der Waals surface area contributed by atoms with Gasteiger partial charge in [-0.2, -0.15) is 5.10 Å². The fourth-order valence-corrected chi connectivity index (χ4v) is 4.16. The summed E-state index contributed by atoms with van der Waals surface area (Å²) < 4.78 is 7.98. The van der Waals surface area contributed by atoms with Crippen molar-refractivity contribution in [2.45, 2.75) is 32.6 Å². The van der Waals surface area contributed by atoms with Crippen LogP contribution in [0.15, 0.2) is 24.8 Å². The number of rotatable bonds is 6. The van der Waals surface area contributed by atoms with E-state index in [1.807, 2.05) is 42.3 Å². The van der Waals surface area contributed by atoms with Gasteiger partial charge in [-0.15, -0.1) is 0 Å². The third-order valence-corrected chi connectivity index (χ3v) is 5.55. The van der Waals surface area contributed by atoms with Gasteiger partial charge in [0.2, 0.25) is 5.95 Å². The first-order valence-electron chi connectivity index (χ1n) is 10.1. The van der Waals surface area contributed by atoms with Gasteiger partial charge in [0.15, 0.2) is 0 Å². The van der Waals surface area contributed by atoms with Crippen molar-refractivity contribution in [3.8, 4) is 0 Å². The van der Waals surface area contributed by atoms with Crippen molar-refractivity contribution in [1.82, 2.24) is 29.5 Å². The second-order valence-corrected chi connectivity index (χ2v) is 8.17. The molecule has 0 unspecified atom stereocenters. The van der Waals surface area contributed by atoms with E-state index < -0.39 is 0 Å². The molecule has 2 aliphatic heterocycles. The summed E-state index contributed by atoms with van der Waals surface area (Å²) in [5.41, 5.74) is 2.45. The van der Waals surface area contributed by atoms with E-state index in [2.05, 4.69) is 38.0 Å². The summed E-state index contributed by atoms with van der Waals surface area (Å²) in [6.45, 7) is 9.65. The van der Waals surface area contributed by atoms with Gasteiger partial charge in [0.1, 0.15) is 0 Å². The van der Waals surface area contributed by atoms with Crippen LogP contribution in [0, 0.1) is 5.92 Å². The third kappa shape index (κ3) is 4.51. The lowest BCUT2D eigenvalue weighted by Gasteiger charge is -2.31. The molecular formula is C20H31N7O. The molecule has 0 N–H and O–H groups in total. The van der Waals surface area contributed by atoms with Crippen molar-refractivity contribution in [1.29, 1.82) is 0 Å². The van der Waals surface area contributed by atoms with Crippen LogP contribution < -0.4 is 4.90 Å². The van der Waals surface area contributed by atoms with E-state index in [0.717, 1.165) is 58.4 Å². The first-order chi connectivity index (χ1) is 13.6. The maximum absolute atomic E-state index is 5.98. The SMILES string of the molecule is CCn1cc(CN2C[C@H]3COC[C@@H]2CN(Cc2cnc(N(C)C)nc2)C3)cn1. The van der Waals surface area contributed by atoms with E-state index in [1.54, 1.807) is 0 Å². The summed E-state index contributed by atoms with van der Waals surface area (Å²) in [6.07, 6.45) is 8.07. The van der Waals surface area contributed by atoms with E-state index in [0.29, 0.717) is 12.0 Å². The van der Waals surface area contributed by atoms with Crippen LogP contribution in [0.25, 0.3) is 0 Å². The molecule has 0 saturated carbocycles. The van der Waals surface area contributed by atoms with Crippen molar-refractivity contribution < 1.29 is 4.74 Å². The highest BCUT2D eigenvalue weighted by Crippen LogP contribution is 2.23. The standard InChI is InChI=1S/C20H31N7O/c1-4-27-12-17(7-23-27)10-26-11-18-9-25(13-19(26)15-28-14-18)8-16-5-21-20(22-6-16)24(2)3/h5-7,12,18-19H,4,8-11,13-15H2,1-3H3/t18-,19-/m0/s1. The fraction of sp³-hybridized carbons (Fsp3) is 0.650. The molecule has 0 radical (unpaired) electrons. The summed E-state index contributed by atoms with van der Waals surface area (Å²) in [6, 6.07) is 0.402. The van der Waals surface area contributed by atoms with Crippen LogP contribution in [-0.4, -0.2) is 82.5 Å². The van der Waals surface area contributed by atoms with Crippen molar-refractivity contribution in [3.05, 3.63) is 35.9 Å². The summed E-state index contributed by atoms with van der Waals surface area (Å²) in [5, 5.41) is 4.43. The Labute approximate surface area is 167 Å². The average molecular weight is 386 g/mol. The molecule has 2 fully saturated rings. The minimum atomic E-state index is 0.402. The minimum absolute atomic E-state index is 0.402. The summed E-state index contributed by atoms with van der Waals surface area (Å²) >= 11 is 0. The normalized spacial score (nSPS) is 23.5. The molecule has 2 bridgehead atoms. The number of nitrogens with zero attached hydrogens (tertiary/aromatic N) is 7. The molecular weight excluding hydrogens is 354 g/mol. The summed E-state index contributed by atoms with van der Waals surface area (Å²) in [7, 11) is 3.92. The first kappa shape index (κ1) is 19.3. The monoisotopic (exact) mass is 385 g/mol. The molecule has 2 aromatic rings. The van der Waals surface area contributed by atoms with Crippen molar-refractivity contribution in [2.24, 2.45) is 5.92 Å². The highest BCUT2D eigenvalue weighted by atomic mass is 16.5. The predicted octanol–water partition coefficient (Wildman–Crippen LogP) is 1.09. The molecule has 4 rings (SSSR count). The molecule has 0 amide bonds. The van der Waals surface area contributed by atoms with Crippen LogP contribution in [0.1, 0.15) is 18.1 Å². The van der Waals surface area contributed by atoms with E-state index >= 15 is 0 Å². The van der Waals surface area contributed by atoms with Gasteiger partial charge in [-0.05, 0) is 6.92 Å². The molecule has 0 aliphatic carbocycles. The van der Waals surface area contributed by atoms with Crippen molar-refractivity contribution in [2.75, 3.05) is 51.8 Å². The van der Waals surface area contributed by atoms with E-state index in [1.165, 1.54) is 11.1 Å². The molecule has 0 aromatic carbocycles. The van der Waals surface area contributed by atoms with Gasteiger partial charge in [0, 0.05) is 95.0 Å². The lowest BCUT2D eigenvalue weighted by Crippen LogP contribution is -2.43. The lowest BCUT2D eigenvalue weighted by atomic mass is 10.1. The van der Waals surface area contributed by atoms with E-state index in [9.17, 15) is 0 Å². The highest BCUT2D eigenvalue weighted by molar-refractivity contribution is 5.26. The van der Waals surface area contributed by atoms with Gasteiger partial charge in [0.25, 0.3) is 0 Å². The van der Waals surface area contributed by atoms with Crippen LogP contribution in [0.3, 0.4) is 0 Å². The number of fused-ring (bicyclic) bond motifs is 3. The smallest absolute Gasteiger partial charge is 0.224 e. The maximum atomic E-state index is 5.98. The van der Waals surface area contributed by atoms with Crippen LogP contribution in [0.2, 0.25) is 0 Å². The number of aromatic nitrogens is 4. The zero-order valence-electron chi connectivity index (χ0n) is 17.2. The molecule has 28 heavy (non-hydrogen) atoms. The molecule has 2 atom stereocenters. The molecule has 8 nitrogen and oxygen atoms in total. The maximum Gasteiger partial charge on any atom is 0.224 e. The number of hydrogen-bond acceptors (Lipinski definition) is 7. The van der Waals surface area contributed by atoms with Gasteiger partial charge >= 0.3 is 0 Å². The van der Waals surface area contributed by atoms with E-state index in [4.69, 9.17) is 4.74 Å². The quantitative estimate of drug-likeness (QED) is 0.738. The second kappa shape index (κ2) is 8.55. The fourth-order valence-electron chi connectivity index (χ4n) is 4.16. The van der Waals surface area contributed by atoms with Crippen molar-refractivity contribution in [3.63, 3.8) is 0 Å². The Morgan fingerprint density at radius 1 is 1.04 bits per heavy atom. The van der Waals surface area contributed by atoms with Gasteiger partial charge in [0.05, 0.1) is 19.4 Å². The Kier molecular flexibility index (Phi) is 5.89. The van der Waals surface area contributed by atoms with Gasteiger partial charge in [-0.1, -0.05) is 0 Å². The average Bonchev–Trinajstić information content (AvgIpc) is 2.96. The van der Waals surface area contributed by atoms with Crippen LogP contribution >= 0.6 is 0 Å². The molecule has 2 aliphatic rings. The number of anilines is 1. The van der Waals surface area contributed by atoms with Crippen molar-refractivity contribution >= 4 is 5.95 Å². The third-order valence-electron chi connectivity index (χ3n) is 5.55. The molecule has 2 saturated heterocycles. The van der Waals surface area contributed by atoms with Gasteiger partial charge < -0.3 is 9.64 Å². The number of aryl methyl sites for hydroxylation is 1. The van der Waals surface area contributed by atoms with Crippen LogP contribution in [0.4, 0.5) is 5.95 Å². The van der Waals surface area contributed by atoms with E-state index in [-0.39, 0.29) is 0 Å². The molecule has 8 heteroatoms.